The molecule has 3 rings (SSSR count). The Morgan fingerprint density at radius 3 is 2.80 bits per heavy atom. The van der Waals surface area contributed by atoms with E-state index in [0.29, 0.717) is 25.7 Å². The van der Waals surface area contributed by atoms with Crippen LogP contribution in [0.3, 0.4) is 0 Å². The zero-order valence-electron chi connectivity index (χ0n) is 17.3. The van der Waals surface area contributed by atoms with Crippen LogP contribution in [0, 0.1) is 0 Å². The van der Waals surface area contributed by atoms with Crippen LogP contribution in [0.25, 0.3) is 0 Å². The third kappa shape index (κ3) is 7.44. The van der Waals surface area contributed by atoms with Crippen molar-refractivity contribution in [1.82, 2.24) is 10.6 Å². The number of rotatable bonds is 11. The highest BCUT2D eigenvalue weighted by atomic mass is 16.5. The number of ether oxygens (including phenoxy) is 1. The quantitative estimate of drug-likeness (QED) is 0.335. The van der Waals surface area contributed by atoms with Gasteiger partial charge in [-0.2, -0.15) is 0 Å². The fourth-order valence-corrected chi connectivity index (χ4v) is 3.80. The molecule has 6 heteroatoms. The van der Waals surface area contributed by atoms with Crippen molar-refractivity contribution in [2.75, 3.05) is 19.7 Å². The first-order valence-corrected chi connectivity index (χ1v) is 10.7. The van der Waals surface area contributed by atoms with Gasteiger partial charge in [-0.1, -0.05) is 36.4 Å². The highest BCUT2D eigenvalue weighted by Gasteiger charge is 2.18. The Kier molecular flexibility index (Phi) is 8.68. The van der Waals surface area contributed by atoms with Crippen molar-refractivity contribution in [2.24, 2.45) is 0 Å². The number of hydrogen-bond acceptors (Lipinski definition) is 5. The molecule has 0 bridgehead atoms. The molecule has 0 aliphatic heterocycles. The van der Waals surface area contributed by atoms with Crippen LogP contribution in [-0.2, 0) is 24.2 Å². The molecular weight excluding hydrogens is 380 g/mol. The predicted molar refractivity (Wildman–Crippen MR) is 117 cm³/mol. The second-order valence-corrected chi connectivity index (χ2v) is 7.90. The molecule has 2 unspecified atom stereocenters. The van der Waals surface area contributed by atoms with Gasteiger partial charge in [-0.05, 0) is 54.5 Å². The van der Waals surface area contributed by atoms with E-state index in [0.717, 1.165) is 31.4 Å². The molecule has 0 heterocycles. The smallest absolute Gasteiger partial charge is 0.304 e. The summed E-state index contributed by atoms with van der Waals surface area (Å²) in [5.74, 6) is -0.0147. The number of hydrogen-bond donors (Lipinski definition) is 4. The van der Waals surface area contributed by atoms with E-state index in [2.05, 4.69) is 28.8 Å². The summed E-state index contributed by atoms with van der Waals surface area (Å²) < 4.78 is 5.63. The van der Waals surface area contributed by atoms with Crippen LogP contribution in [-0.4, -0.2) is 48.0 Å². The van der Waals surface area contributed by atoms with Crippen molar-refractivity contribution in [3.8, 4) is 5.75 Å². The first-order chi connectivity index (χ1) is 14.6. The van der Waals surface area contributed by atoms with Gasteiger partial charge in [0.2, 0.25) is 0 Å². The molecule has 0 radical (unpaired) electrons. The van der Waals surface area contributed by atoms with E-state index in [9.17, 15) is 9.90 Å². The van der Waals surface area contributed by atoms with Crippen molar-refractivity contribution in [1.29, 1.82) is 0 Å². The van der Waals surface area contributed by atoms with Crippen molar-refractivity contribution in [3.63, 3.8) is 0 Å². The maximum absolute atomic E-state index is 10.6. The first-order valence-electron chi connectivity index (χ1n) is 10.7. The Balaban J connectivity index is 1.46. The fraction of sp³-hybridized carbons (Fsp3) is 0.458. The number of aryl methyl sites for hydroxylation is 1. The average Bonchev–Trinajstić information content (AvgIpc) is 2.96. The molecule has 0 fully saturated rings. The number of fused-ring (bicyclic) bond motifs is 1. The molecule has 162 valence electrons. The first kappa shape index (κ1) is 22.3. The molecule has 0 saturated heterocycles. The number of nitrogens with one attached hydrogen (secondary N) is 2. The largest absolute Gasteiger partial charge is 0.491 e. The van der Waals surface area contributed by atoms with Crippen LogP contribution in [0.4, 0.5) is 0 Å². The van der Waals surface area contributed by atoms with Crippen molar-refractivity contribution >= 4 is 5.97 Å². The number of carboxylic acid groups (broad SMARTS) is 1. The highest BCUT2D eigenvalue weighted by molar-refractivity contribution is 5.66. The molecule has 0 saturated carbocycles. The summed E-state index contributed by atoms with van der Waals surface area (Å²) >= 11 is 0. The molecule has 1 aliphatic rings. The van der Waals surface area contributed by atoms with Crippen molar-refractivity contribution in [2.45, 2.75) is 50.8 Å². The molecule has 6 nitrogen and oxygen atoms in total. The fourth-order valence-electron chi connectivity index (χ4n) is 3.80. The predicted octanol–water partition coefficient (Wildman–Crippen LogP) is 2.53. The van der Waals surface area contributed by atoms with E-state index in [-0.39, 0.29) is 13.0 Å². The normalized spacial score (nSPS) is 17.0. The monoisotopic (exact) mass is 412 g/mol. The van der Waals surface area contributed by atoms with Gasteiger partial charge in [0.15, 0.2) is 0 Å². The molecule has 2 atom stereocenters. The van der Waals surface area contributed by atoms with Crippen LogP contribution in [0.15, 0.2) is 48.5 Å². The molecule has 0 aromatic heterocycles. The number of aliphatic carboxylic acids is 1. The lowest BCUT2D eigenvalue weighted by Gasteiger charge is -2.20. The summed E-state index contributed by atoms with van der Waals surface area (Å²) in [6.45, 7) is 1.92. The van der Waals surface area contributed by atoms with Crippen molar-refractivity contribution in [3.05, 3.63) is 65.2 Å². The summed E-state index contributed by atoms with van der Waals surface area (Å²) in [6, 6.07) is 16.4. The number of carboxylic acids is 1. The third-order valence-electron chi connectivity index (χ3n) is 5.41. The summed E-state index contributed by atoms with van der Waals surface area (Å²) in [6.07, 6.45) is 3.78. The molecule has 1 aliphatic carbocycles. The lowest BCUT2D eigenvalue weighted by Crippen LogP contribution is -2.39. The summed E-state index contributed by atoms with van der Waals surface area (Å²) in [4.78, 5) is 10.6. The van der Waals surface area contributed by atoms with Crippen LogP contribution < -0.4 is 15.4 Å². The maximum atomic E-state index is 10.6. The van der Waals surface area contributed by atoms with Gasteiger partial charge in [0, 0.05) is 25.7 Å². The Morgan fingerprint density at radius 2 is 2.00 bits per heavy atom. The van der Waals surface area contributed by atoms with Gasteiger partial charge in [-0.3, -0.25) is 4.79 Å². The lowest BCUT2D eigenvalue weighted by atomic mass is 9.99. The van der Waals surface area contributed by atoms with Gasteiger partial charge in [0.25, 0.3) is 0 Å². The number of benzene rings is 2. The van der Waals surface area contributed by atoms with Gasteiger partial charge < -0.3 is 25.6 Å². The molecule has 0 amide bonds. The SMILES string of the molecule is O=C(O)CCNCc1ccc2c(c1)CC(NCC(O)COc1ccccc1)CCC2. The average molecular weight is 413 g/mol. The second kappa shape index (κ2) is 11.7. The van der Waals surface area contributed by atoms with E-state index in [1.807, 2.05) is 30.3 Å². The van der Waals surface area contributed by atoms with E-state index in [1.54, 1.807) is 0 Å². The number of aliphatic hydroxyl groups excluding tert-OH is 1. The van der Waals surface area contributed by atoms with Gasteiger partial charge in [0.05, 0.1) is 6.42 Å². The Labute approximate surface area is 178 Å². The van der Waals surface area contributed by atoms with E-state index in [4.69, 9.17) is 9.84 Å². The molecular formula is C24H32N2O4. The van der Waals surface area contributed by atoms with E-state index in [1.165, 1.54) is 16.7 Å². The van der Waals surface area contributed by atoms with Crippen molar-refractivity contribution < 1.29 is 19.7 Å². The second-order valence-electron chi connectivity index (χ2n) is 7.90. The van der Waals surface area contributed by atoms with Crippen LogP contribution in [0.2, 0.25) is 0 Å². The Hall–Kier alpha value is -2.41. The van der Waals surface area contributed by atoms with E-state index < -0.39 is 12.1 Å². The summed E-state index contributed by atoms with van der Waals surface area (Å²) in [5, 5.41) is 25.7. The minimum absolute atomic E-state index is 0.132. The van der Waals surface area contributed by atoms with Gasteiger partial charge in [-0.15, -0.1) is 0 Å². The lowest BCUT2D eigenvalue weighted by molar-refractivity contribution is -0.136. The molecule has 2 aromatic rings. The number of carbonyl (C=O) groups is 1. The third-order valence-corrected chi connectivity index (χ3v) is 5.41. The number of para-hydroxylation sites is 1. The zero-order valence-corrected chi connectivity index (χ0v) is 17.3. The van der Waals surface area contributed by atoms with Gasteiger partial charge in [-0.25, -0.2) is 0 Å². The topological polar surface area (TPSA) is 90.8 Å². The number of aliphatic hydroxyl groups is 1. The van der Waals surface area contributed by atoms with Crippen LogP contribution in [0.5, 0.6) is 5.75 Å². The molecule has 4 N–H and O–H groups in total. The van der Waals surface area contributed by atoms with Gasteiger partial charge >= 0.3 is 5.97 Å². The maximum Gasteiger partial charge on any atom is 0.304 e. The minimum Gasteiger partial charge on any atom is -0.491 e. The zero-order chi connectivity index (χ0) is 21.2. The van der Waals surface area contributed by atoms with Gasteiger partial charge in [0.1, 0.15) is 18.5 Å². The highest BCUT2D eigenvalue weighted by Crippen LogP contribution is 2.22. The Bertz CT molecular complexity index is 797. The standard InChI is InChI=1S/C24H32N2O4/c27-22(17-30-23-7-2-1-3-8-23)16-26-21-6-4-5-19-10-9-18(13-20(19)14-21)15-25-12-11-24(28)29/h1-3,7-10,13,21-22,25-27H,4-6,11-12,14-17H2,(H,28,29). The minimum atomic E-state index is -0.783. The molecule has 2 aromatic carbocycles. The molecule has 0 spiro atoms. The Morgan fingerprint density at radius 1 is 1.17 bits per heavy atom. The summed E-state index contributed by atoms with van der Waals surface area (Å²) in [7, 11) is 0. The van der Waals surface area contributed by atoms with Crippen LogP contribution in [0.1, 0.15) is 36.0 Å². The summed E-state index contributed by atoms with van der Waals surface area (Å²) in [5.41, 5.74) is 3.91. The molecule has 30 heavy (non-hydrogen) atoms. The van der Waals surface area contributed by atoms with Crippen LogP contribution >= 0.6 is 0 Å². The van der Waals surface area contributed by atoms with E-state index >= 15 is 0 Å².